The van der Waals surface area contributed by atoms with E-state index in [2.05, 4.69) is 10.6 Å². The summed E-state index contributed by atoms with van der Waals surface area (Å²) in [4.78, 5) is 22.1. The van der Waals surface area contributed by atoms with Crippen LogP contribution in [-0.2, 0) is 11.2 Å². The average molecular weight is 235 g/mol. The molecule has 0 bridgehead atoms. The number of hydrogen-bond donors (Lipinski definition) is 3. The maximum absolute atomic E-state index is 11.4. The van der Waals surface area contributed by atoms with E-state index in [1.54, 1.807) is 24.3 Å². The van der Waals surface area contributed by atoms with Crippen molar-refractivity contribution in [3.05, 3.63) is 29.8 Å². The van der Waals surface area contributed by atoms with Crippen molar-refractivity contribution in [3.63, 3.8) is 0 Å². The maximum Gasteiger partial charge on any atom is 0.319 e. The van der Waals surface area contributed by atoms with Crippen LogP contribution in [0, 0.1) is 0 Å². The third-order valence-corrected chi connectivity index (χ3v) is 2.01. The summed E-state index contributed by atoms with van der Waals surface area (Å²) in [6.45, 7) is 3.77. The van der Waals surface area contributed by atoms with Gasteiger partial charge < -0.3 is 16.4 Å². The molecule has 0 heterocycles. The van der Waals surface area contributed by atoms with Crippen molar-refractivity contribution in [3.8, 4) is 0 Å². The lowest BCUT2D eigenvalue weighted by Gasteiger charge is -2.10. The van der Waals surface area contributed by atoms with Gasteiger partial charge in [-0.1, -0.05) is 12.1 Å². The number of anilines is 1. The van der Waals surface area contributed by atoms with Gasteiger partial charge in [-0.2, -0.15) is 0 Å². The predicted octanol–water partition coefficient (Wildman–Crippen LogP) is 1.24. The standard InChI is InChI=1S/C12H17N3O2/c1-8(2)14-12(17)15-10-5-3-9(4-6-10)7-11(13)16/h3-6,8H,7H2,1-2H3,(H2,13,16)(H2,14,15,17). The molecule has 1 rings (SSSR count). The van der Waals surface area contributed by atoms with E-state index in [1.165, 1.54) is 0 Å². The first kappa shape index (κ1) is 13.0. The van der Waals surface area contributed by atoms with Gasteiger partial charge in [-0.15, -0.1) is 0 Å². The van der Waals surface area contributed by atoms with Crippen LogP contribution in [0.1, 0.15) is 19.4 Å². The quantitative estimate of drug-likeness (QED) is 0.733. The molecule has 1 aromatic rings. The highest BCUT2D eigenvalue weighted by atomic mass is 16.2. The molecule has 5 nitrogen and oxygen atoms in total. The largest absolute Gasteiger partial charge is 0.369 e. The zero-order chi connectivity index (χ0) is 12.8. The number of rotatable bonds is 4. The number of primary amides is 1. The van der Waals surface area contributed by atoms with E-state index in [1.807, 2.05) is 13.8 Å². The molecule has 4 N–H and O–H groups in total. The Bertz CT molecular complexity index is 399. The summed E-state index contributed by atoms with van der Waals surface area (Å²) in [6, 6.07) is 6.83. The first-order chi connectivity index (χ1) is 7.97. The summed E-state index contributed by atoms with van der Waals surface area (Å²) in [5.74, 6) is -0.372. The van der Waals surface area contributed by atoms with Crippen molar-refractivity contribution < 1.29 is 9.59 Å². The molecule has 17 heavy (non-hydrogen) atoms. The van der Waals surface area contributed by atoms with Crippen LogP contribution >= 0.6 is 0 Å². The van der Waals surface area contributed by atoms with Crippen LogP contribution in [0.3, 0.4) is 0 Å². The fraction of sp³-hybridized carbons (Fsp3) is 0.333. The minimum atomic E-state index is -0.372. The second-order valence-corrected chi connectivity index (χ2v) is 4.09. The molecular formula is C12H17N3O2. The third-order valence-electron chi connectivity index (χ3n) is 2.01. The second-order valence-electron chi connectivity index (χ2n) is 4.09. The summed E-state index contributed by atoms with van der Waals surface area (Å²) in [5.41, 5.74) is 6.58. The van der Waals surface area contributed by atoms with Gasteiger partial charge in [0, 0.05) is 11.7 Å². The number of nitrogens with two attached hydrogens (primary N) is 1. The van der Waals surface area contributed by atoms with E-state index in [0.29, 0.717) is 5.69 Å². The van der Waals surface area contributed by atoms with Gasteiger partial charge in [0.2, 0.25) is 5.91 Å². The maximum atomic E-state index is 11.4. The van der Waals surface area contributed by atoms with Crippen LogP contribution in [0.2, 0.25) is 0 Å². The molecular weight excluding hydrogens is 218 g/mol. The molecule has 0 spiro atoms. The molecule has 0 fully saturated rings. The van der Waals surface area contributed by atoms with Gasteiger partial charge in [0.25, 0.3) is 0 Å². The first-order valence-corrected chi connectivity index (χ1v) is 5.42. The molecule has 0 saturated heterocycles. The Hall–Kier alpha value is -2.04. The number of urea groups is 1. The minimum Gasteiger partial charge on any atom is -0.369 e. The smallest absolute Gasteiger partial charge is 0.319 e. The van der Waals surface area contributed by atoms with E-state index in [-0.39, 0.29) is 24.4 Å². The Morgan fingerprint density at radius 3 is 2.29 bits per heavy atom. The van der Waals surface area contributed by atoms with Crippen LogP contribution < -0.4 is 16.4 Å². The molecule has 0 aliphatic heterocycles. The van der Waals surface area contributed by atoms with E-state index in [9.17, 15) is 9.59 Å². The molecule has 5 heteroatoms. The molecule has 0 aliphatic rings. The number of nitrogens with one attached hydrogen (secondary N) is 2. The van der Waals surface area contributed by atoms with Crippen LogP contribution in [0.15, 0.2) is 24.3 Å². The van der Waals surface area contributed by atoms with E-state index in [0.717, 1.165) is 5.56 Å². The molecule has 1 aromatic carbocycles. The Labute approximate surface area is 100 Å². The normalized spacial score (nSPS) is 10.1. The zero-order valence-electron chi connectivity index (χ0n) is 9.99. The Morgan fingerprint density at radius 2 is 1.82 bits per heavy atom. The van der Waals surface area contributed by atoms with Gasteiger partial charge in [-0.25, -0.2) is 4.79 Å². The van der Waals surface area contributed by atoms with Crippen LogP contribution in [0.4, 0.5) is 10.5 Å². The van der Waals surface area contributed by atoms with Gasteiger partial charge in [0.15, 0.2) is 0 Å². The molecule has 0 saturated carbocycles. The van der Waals surface area contributed by atoms with Crippen molar-refractivity contribution in [2.75, 3.05) is 5.32 Å². The lowest BCUT2D eigenvalue weighted by molar-refractivity contribution is -0.117. The Morgan fingerprint density at radius 1 is 1.24 bits per heavy atom. The van der Waals surface area contributed by atoms with E-state index in [4.69, 9.17) is 5.73 Å². The minimum absolute atomic E-state index is 0.0872. The van der Waals surface area contributed by atoms with Gasteiger partial charge in [-0.05, 0) is 31.5 Å². The Kier molecular flexibility index (Phi) is 4.51. The highest BCUT2D eigenvalue weighted by molar-refractivity contribution is 5.89. The van der Waals surface area contributed by atoms with Gasteiger partial charge in [0.05, 0.1) is 6.42 Å². The van der Waals surface area contributed by atoms with Gasteiger partial charge in [-0.3, -0.25) is 4.79 Å². The number of hydrogen-bond acceptors (Lipinski definition) is 2. The summed E-state index contributed by atoms with van der Waals surface area (Å²) in [5, 5.41) is 5.40. The number of carbonyl (C=O) groups excluding carboxylic acids is 2. The molecule has 0 radical (unpaired) electrons. The van der Waals surface area contributed by atoms with E-state index >= 15 is 0 Å². The lowest BCUT2D eigenvalue weighted by Crippen LogP contribution is -2.34. The van der Waals surface area contributed by atoms with Crippen LogP contribution in [0.5, 0.6) is 0 Å². The first-order valence-electron chi connectivity index (χ1n) is 5.42. The number of benzene rings is 1. The summed E-state index contributed by atoms with van der Waals surface area (Å²) >= 11 is 0. The predicted molar refractivity (Wildman–Crippen MR) is 66.6 cm³/mol. The van der Waals surface area contributed by atoms with Crippen molar-refractivity contribution in [1.82, 2.24) is 5.32 Å². The molecule has 3 amide bonds. The molecule has 92 valence electrons. The van der Waals surface area contributed by atoms with Gasteiger partial charge in [0.1, 0.15) is 0 Å². The fourth-order valence-corrected chi connectivity index (χ4v) is 1.34. The molecule has 0 atom stereocenters. The fourth-order valence-electron chi connectivity index (χ4n) is 1.34. The van der Waals surface area contributed by atoms with Crippen molar-refractivity contribution in [2.24, 2.45) is 5.73 Å². The topological polar surface area (TPSA) is 84.2 Å². The number of carbonyl (C=O) groups is 2. The zero-order valence-corrected chi connectivity index (χ0v) is 9.99. The van der Waals surface area contributed by atoms with Gasteiger partial charge >= 0.3 is 6.03 Å². The third kappa shape index (κ3) is 5.01. The molecule has 0 aliphatic carbocycles. The summed E-state index contributed by atoms with van der Waals surface area (Å²) < 4.78 is 0. The van der Waals surface area contributed by atoms with E-state index < -0.39 is 0 Å². The average Bonchev–Trinajstić information content (AvgIpc) is 2.18. The van der Waals surface area contributed by atoms with Crippen molar-refractivity contribution >= 4 is 17.6 Å². The highest BCUT2D eigenvalue weighted by Crippen LogP contribution is 2.09. The lowest BCUT2D eigenvalue weighted by atomic mass is 10.1. The van der Waals surface area contributed by atoms with Crippen LogP contribution in [-0.4, -0.2) is 18.0 Å². The van der Waals surface area contributed by atoms with Crippen LogP contribution in [0.25, 0.3) is 0 Å². The molecule has 0 unspecified atom stereocenters. The second kappa shape index (κ2) is 5.89. The summed E-state index contributed by atoms with van der Waals surface area (Å²) in [6.07, 6.45) is 0.207. The molecule has 0 aromatic heterocycles. The SMILES string of the molecule is CC(C)NC(=O)Nc1ccc(CC(N)=O)cc1. The monoisotopic (exact) mass is 235 g/mol. The number of amides is 3. The Balaban J connectivity index is 2.56. The van der Waals surface area contributed by atoms with Crippen molar-refractivity contribution in [2.45, 2.75) is 26.3 Å². The van der Waals surface area contributed by atoms with Crippen molar-refractivity contribution in [1.29, 1.82) is 0 Å². The highest BCUT2D eigenvalue weighted by Gasteiger charge is 2.03. The summed E-state index contributed by atoms with van der Waals surface area (Å²) in [7, 11) is 0.